The number of carbonyl (C=O) groups excluding carboxylic acids is 1. The van der Waals surface area contributed by atoms with Gasteiger partial charge in [0.15, 0.2) is 0 Å². The number of esters is 1. The number of benzene rings is 1. The number of carbonyl (C=O) groups is 1. The zero-order chi connectivity index (χ0) is 16.7. The second-order valence-electron chi connectivity index (χ2n) is 5.72. The number of aromatic amines is 1. The van der Waals surface area contributed by atoms with E-state index in [2.05, 4.69) is 33.0 Å². The second kappa shape index (κ2) is 8.58. The highest BCUT2D eigenvalue weighted by molar-refractivity contribution is 5.84. The number of nitrogens with zero attached hydrogens (tertiary/aromatic N) is 1. The van der Waals surface area contributed by atoms with Crippen LogP contribution in [0, 0.1) is 0 Å². The minimum Gasteiger partial charge on any atom is -0.497 e. The van der Waals surface area contributed by atoms with Gasteiger partial charge in [-0.25, -0.2) is 0 Å². The Hall–Kier alpha value is -2.01. The zero-order valence-corrected chi connectivity index (χ0v) is 14.2. The van der Waals surface area contributed by atoms with Crippen LogP contribution in [0.2, 0.25) is 0 Å². The van der Waals surface area contributed by atoms with E-state index in [4.69, 9.17) is 4.74 Å². The summed E-state index contributed by atoms with van der Waals surface area (Å²) in [6, 6.07) is 6.22. The van der Waals surface area contributed by atoms with Crippen molar-refractivity contribution < 1.29 is 14.3 Å². The van der Waals surface area contributed by atoms with E-state index < -0.39 is 0 Å². The summed E-state index contributed by atoms with van der Waals surface area (Å²) in [5, 5.41) is 1.30. The van der Waals surface area contributed by atoms with Crippen molar-refractivity contribution in [2.45, 2.75) is 26.2 Å². The van der Waals surface area contributed by atoms with E-state index in [0.717, 1.165) is 12.2 Å². The van der Waals surface area contributed by atoms with Crippen LogP contribution < -0.4 is 4.74 Å². The Labute approximate surface area is 137 Å². The van der Waals surface area contributed by atoms with Crippen LogP contribution in [-0.4, -0.2) is 49.7 Å². The molecule has 1 fully saturated rings. The normalized spacial score (nSPS) is 14.4. The van der Waals surface area contributed by atoms with Gasteiger partial charge in [0, 0.05) is 30.6 Å². The molecule has 0 unspecified atom stereocenters. The molecule has 1 aliphatic heterocycles. The van der Waals surface area contributed by atoms with Crippen molar-refractivity contribution in [3.8, 4) is 5.75 Å². The average Bonchev–Trinajstić information content (AvgIpc) is 3.22. The molecule has 0 saturated carbocycles. The number of H-pyrrole nitrogens is 1. The fraction of sp³-hybridized carbons (Fsp3) is 0.500. The topological polar surface area (TPSA) is 54.6 Å². The molecular weight excluding hydrogens is 292 g/mol. The van der Waals surface area contributed by atoms with Crippen LogP contribution in [-0.2, 0) is 16.0 Å². The van der Waals surface area contributed by atoms with Crippen LogP contribution in [0.5, 0.6) is 5.75 Å². The molecule has 5 nitrogen and oxygen atoms in total. The first-order chi connectivity index (χ1) is 11.1. The van der Waals surface area contributed by atoms with Crippen molar-refractivity contribution in [2.75, 3.05) is 33.9 Å². The highest BCUT2D eigenvalue weighted by Gasteiger charge is 2.12. The molecule has 0 spiro atoms. The molecule has 0 amide bonds. The quantitative estimate of drug-likeness (QED) is 0.881. The largest absolute Gasteiger partial charge is 0.497 e. The molecule has 126 valence electrons. The average molecular weight is 318 g/mol. The maximum atomic E-state index is 9.59. The van der Waals surface area contributed by atoms with E-state index >= 15 is 0 Å². The Morgan fingerprint density at radius 3 is 2.57 bits per heavy atom. The minimum absolute atomic E-state index is 0.245. The fourth-order valence-corrected chi connectivity index (χ4v) is 2.78. The number of hydrogen-bond acceptors (Lipinski definition) is 4. The third-order valence-corrected chi connectivity index (χ3v) is 4.16. The molecule has 0 bridgehead atoms. The fourth-order valence-electron chi connectivity index (χ4n) is 2.78. The maximum Gasteiger partial charge on any atom is 0.302 e. The molecule has 1 aromatic carbocycles. The summed E-state index contributed by atoms with van der Waals surface area (Å²) in [5.74, 6) is 0.689. The Bertz CT molecular complexity index is 630. The van der Waals surface area contributed by atoms with Gasteiger partial charge in [0.1, 0.15) is 5.75 Å². The number of likely N-dealkylation sites (tertiary alicyclic amines) is 1. The van der Waals surface area contributed by atoms with Crippen LogP contribution in [0.4, 0.5) is 0 Å². The molecule has 1 aliphatic rings. The Kier molecular flexibility index (Phi) is 6.47. The number of hydrogen-bond donors (Lipinski definition) is 1. The first-order valence-electron chi connectivity index (χ1n) is 8.05. The lowest BCUT2D eigenvalue weighted by Crippen LogP contribution is -2.21. The summed E-state index contributed by atoms with van der Waals surface area (Å²) in [6.07, 6.45) is 5.98. The van der Waals surface area contributed by atoms with E-state index in [-0.39, 0.29) is 5.97 Å². The molecule has 5 heteroatoms. The number of nitrogens with one attached hydrogen (secondary N) is 1. The number of ether oxygens (including phenoxy) is 2. The third kappa shape index (κ3) is 4.99. The van der Waals surface area contributed by atoms with E-state index in [1.165, 1.54) is 63.0 Å². The van der Waals surface area contributed by atoms with Gasteiger partial charge in [0.05, 0.1) is 14.2 Å². The van der Waals surface area contributed by atoms with Gasteiger partial charge in [-0.1, -0.05) is 0 Å². The van der Waals surface area contributed by atoms with E-state index in [1.807, 2.05) is 6.07 Å². The lowest BCUT2D eigenvalue weighted by Gasteiger charge is -2.13. The molecule has 3 rings (SSSR count). The van der Waals surface area contributed by atoms with Gasteiger partial charge in [-0.2, -0.15) is 0 Å². The van der Waals surface area contributed by atoms with Crippen molar-refractivity contribution in [2.24, 2.45) is 0 Å². The van der Waals surface area contributed by atoms with Crippen molar-refractivity contribution in [1.82, 2.24) is 9.88 Å². The smallest absolute Gasteiger partial charge is 0.302 e. The summed E-state index contributed by atoms with van der Waals surface area (Å²) in [6.45, 7) is 5.07. The first-order valence-corrected chi connectivity index (χ1v) is 8.05. The summed E-state index contributed by atoms with van der Waals surface area (Å²) >= 11 is 0. The molecule has 2 heterocycles. The van der Waals surface area contributed by atoms with Crippen molar-refractivity contribution in [1.29, 1.82) is 0 Å². The van der Waals surface area contributed by atoms with Gasteiger partial charge in [-0.15, -0.1) is 0 Å². The van der Waals surface area contributed by atoms with Gasteiger partial charge in [-0.05, 0) is 56.1 Å². The second-order valence-corrected chi connectivity index (χ2v) is 5.72. The molecule has 0 radical (unpaired) electrons. The summed E-state index contributed by atoms with van der Waals surface area (Å²) < 4.78 is 9.41. The van der Waals surface area contributed by atoms with Crippen LogP contribution in [0.15, 0.2) is 24.4 Å². The third-order valence-electron chi connectivity index (χ3n) is 4.16. The number of fused-ring (bicyclic) bond motifs is 1. The Balaban J connectivity index is 0.000000338. The van der Waals surface area contributed by atoms with E-state index in [9.17, 15) is 4.79 Å². The van der Waals surface area contributed by atoms with Gasteiger partial charge in [0.2, 0.25) is 0 Å². The Morgan fingerprint density at radius 1 is 1.26 bits per heavy atom. The summed E-state index contributed by atoms with van der Waals surface area (Å²) in [5.41, 5.74) is 2.60. The standard InChI is InChI=1S/C15H20N2O.C3H6O2/c1-18-13-4-5-15-14(10-13)12(11-16-15)6-9-17-7-2-3-8-17;1-3(4)5-2/h4-5,10-11,16H,2-3,6-9H2,1H3;1-2H3. The molecule has 1 saturated heterocycles. The first kappa shape index (κ1) is 17.3. The number of methoxy groups -OCH3 is 2. The van der Waals surface area contributed by atoms with Crippen LogP contribution in [0.3, 0.4) is 0 Å². The molecule has 1 aromatic heterocycles. The molecule has 0 atom stereocenters. The maximum absolute atomic E-state index is 9.59. The molecule has 23 heavy (non-hydrogen) atoms. The zero-order valence-electron chi connectivity index (χ0n) is 14.2. The molecule has 0 aliphatic carbocycles. The minimum atomic E-state index is -0.245. The lowest BCUT2D eigenvalue weighted by atomic mass is 10.1. The summed E-state index contributed by atoms with van der Waals surface area (Å²) in [4.78, 5) is 15.5. The van der Waals surface area contributed by atoms with Crippen LogP contribution in [0.1, 0.15) is 25.3 Å². The van der Waals surface area contributed by atoms with Crippen molar-refractivity contribution in [3.63, 3.8) is 0 Å². The van der Waals surface area contributed by atoms with Gasteiger partial charge in [-0.3, -0.25) is 4.79 Å². The summed E-state index contributed by atoms with van der Waals surface area (Å²) in [7, 11) is 3.07. The van der Waals surface area contributed by atoms with Crippen LogP contribution >= 0.6 is 0 Å². The van der Waals surface area contributed by atoms with Crippen molar-refractivity contribution in [3.05, 3.63) is 30.0 Å². The van der Waals surface area contributed by atoms with Gasteiger partial charge < -0.3 is 19.4 Å². The number of rotatable bonds is 4. The highest BCUT2D eigenvalue weighted by atomic mass is 16.5. The van der Waals surface area contributed by atoms with Gasteiger partial charge >= 0.3 is 5.97 Å². The van der Waals surface area contributed by atoms with E-state index in [1.54, 1.807) is 7.11 Å². The predicted octanol–water partition coefficient (Wildman–Crippen LogP) is 2.99. The highest BCUT2D eigenvalue weighted by Crippen LogP contribution is 2.24. The van der Waals surface area contributed by atoms with Gasteiger partial charge in [0.25, 0.3) is 0 Å². The lowest BCUT2D eigenvalue weighted by molar-refractivity contribution is -0.137. The molecular formula is C18H26N2O3. The Morgan fingerprint density at radius 2 is 1.96 bits per heavy atom. The SMILES string of the molecule is COC(C)=O.COc1ccc2[nH]cc(CCN3CCCC3)c2c1. The molecule has 1 N–H and O–H groups in total. The predicted molar refractivity (Wildman–Crippen MR) is 91.9 cm³/mol. The monoisotopic (exact) mass is 318 g/mol. The van der Waals surface area contributed by atoms with E-state index in [0.29, 0.717) is 0 Å². The molecule has 2 aromatic rings. The van der Waals surface area contributed by atoms with Crippen LogP contribution in [0.25, 0.3) is 10.9 Å². The number of aromatic nitrogens is 1. The van der Waals surface area contributed by atoms with Crippen molar-refractivity contribution >= 4 is 16.9 Å².